The SMILES string of the molecule is CCOC(=O)C(C(=O)OCC)=C1CCCCN1C. The second kappa shape index (κ2) is 7.03. The molecule has 0 saturated carbocycles. The summed E-state index contributed by atoms with van der Waals surface area (Å²) in [5.41, 5.74) is 0.791. The number of nitrogens with zero attached hydrogens (tertiary/aromatic N) is 1. The van der Waals surface area contributed by atoms with Crippen LogP contribution in [-0.2, 0) is 19.1 Å². The smallest absolute Gasteiger partial charge is 0.347 e. The van der Waals surface area contributed by atoms with Crippen molar-refractivity contribution in [3.63, 3.8) is 0 Å². The van der Waals surface area contributed by atoms with Gasteiger partial charge in [0.05, 0.1) is 13.2 Å². The van der Waals surface area contributed by atoms with E-state index in [1.165, 1.54) is 0 Å². The van der Waals surface area contributed by atoms with Gasteiger partial charge in [-0.25, -0.2) is 9.59 Å². The van der Waals surface area contributed by atoms with Crippen LogP contribution in [0.15, 0.2) is 11.3 Å². The van der Waals surface area contributed by atoms with Gasteiger partial charge in [-0.2, -0.15) is 0 Å². The summed E-state index contributed by atoms with van der Waals surface area (Å²) in [4.78, 5) is 25.7. The van der Waals surface area contributed by atoms with Crippen molar-refractivity contribution in [1.29, 1.82) is 0 Å². The van der Waals surface area contributed by atoms with Crippen LogP contribution in [0.4, 0.5) is 0 Å². The van der Waals surface area contributed by atoms with E-state index in [4.69, 9.17) is 9.47 Å². The lowest BCUT2D eigenvalue weighted by molar-refractivity contribution is -0.146. The van der Waals surface area contributed by atoms with Crippen LogP contribution >= 0.6 is 0 Å². The molecule has 102 valence electrons. The van der Waals surface area contributed by atoms with Gasteiger partial charge in [-0.15, -0.1) is 0 Å². The lowest BCUT2D eigenvalue weighted by Gasteiger charge is -2.29. The summed E-state index contributed by atoms with van der Waals surface area (Å²) >= 11 is 0. The summed E-state index contributed by atoms with van der Waals surface area (Å²) in [6.07, 6.45) is 2.75. The molecular weight excluding hydrogens is 234 g/mol. The first-order valence-electron chi connectivity index (χ1n) is 6.40. The van der Waals surface area contributed by atoms with E-state index in [1.807, 2.05) is 11.9 Å². The van der Waals surface area contributed by atoms with Crippen LogP contribution in [0, 0.1) is 0 Å². The normalized spacial score (nSPS) is 15.3. The lowest BCUT2D eigenvalue weighted by atomic mass is 10.0. The average Bonchev–Trinajstić information content (AvgIpc) is 2.33. The van der Waals surface area contributed by atoms with Crippen molar-refractivity contribution in [1.82, 2.24) is 4.90 Å². The van der Waals surface area contributed by atoms with E-state index in [-0.39, 0.29) is 18.8 Å². The summed E-state index contributed by atoms with van der Waals surface area (Å²) in [6.45, 7) is 4.78. The van der Waals surface area contributed by atoms with Crippen LogP contribution in [0.1, 0.15) is 33.1 Å². The van der Waals surface area contributed by atoms with Gasteiger partial charge in [-0.3, -0.25) is 0 Å². The van der Waals surface area contributed by atoms with Crippen LogP contribution in [0.5, 0.6) is 0 Å². The van der Waals surface area contributed by atoms with E-state index in [0.717, 1.165) is 25.1 Å². The molecule has 0 aromatic carbocycles. The Bertz CT molecular complexity index is 329. The highest BCUT2D eigenvalue weighted by Gasteiger charge is 2.28. The molecule has 5 heteroatoms. The maximum atomic E-state index is 11.9. The molecule has 0 aromatic rings. The van der Waals surface area contributed by atoms with E-state index in [9.17, 15) is 9.59 Å². The summed E-state index contributed by atoms with van der Waals surface area (Å²) in [7, 11) is 1.88. The Labute approximate surface area is 108 Å². The predicted molar refractivity (Wildman–Crippen MR) is 66.8 cm³/mol. The van der Waals surface area contributed by atoms with E-state index in [1.54, 1.807) is 13.8 Å². The molecule has 1 aliphatic heterocycles. The minimum Gasteiger partial charge on any atom is -0.462 e. The topological polar surface area (TPSA) is 55.8 Å². The van der Waals surface area contributed by atoms with Gasteiger partial charge < -0.3 is 14.4 Å². The molecule has 5 nitrogen and oxygen atoms in total. The largest absolute Gasteiger partial charge is 0.462 e. The summed E-state index contributed by atoms with van der Waals surface area (Å²) in [5, 5.41) is 0. The van der Waals surface area contributed by atoms with Crippen LogP contribution in [0.2, 0.25) is 0 Å². The molecule has 0 radical (unpaired) electrons. The van der Waals surface area contributed by atoms with Crippen molar-refractivity contribution in [3.05, 3.63) is 11.3 Å². The number of hydrogen-bond donors (Lipinski definition) is 0. The van der Waals surface area contributed by atoms with E-state index in [2.05, 4.69) is 0 Å². The first kappa shape index (κ1) is 14.5. The number of likely N-dealkylation sites (tertiary alicyclic amines) is 1. The molecule has 1 aliphatic rings. The van der Waals surface area contributed by atoms with Gasteiger partial charge in [-0.05, 0) is 33.1 Å². The molecule has 0 amide bonds. The van der Waals surface area contributed by atoms with Crippen molar-refractivity contribution in [2.45, 2.75) is 33.1 Å². The number of carbonyl (C=O) groups excluding carboxylic acids is 2. The molecule has 0 spiro atoms. The highest BCUT2D eigenvalue weighted by molar-refractivity contribution is 6.14. The summed E-state index contributed by atoms with van der Waals surface area (Å²) in [6, 6.07) is 0. The van der Waals surface area contributed by atoms with E-state index < -0.39 is 11.9 Å². The van der Waals surface area contributed by atoms with E-state index in [0.29, 0.717) is 6.42 Å². The van der Waals surface area contributed by atoms with Crippen molar-refractivity contribution in [2.24, 2.45) is 0 Å². The fraction of sp³-hybridized carbons (Fsp3) is 0.692. The number of hydrogen-bond acceptors (Lipinski definition) is 5. The molecule has 1 fully saturated rings. The quantitative estimate of drug-likeness (QED) is 0.329. The second-order valence-electron chi connectivity index (χ2n) is 4.14. The zero-order valence-corrected chi connectivity index (χ0v) is 11.3. The number of carbonyl (C=O) groups is 2. The van der Waals surface area contributed by atoms with Gasteiger partial charge in [0.2, 0.25) is 0 Å². The maximum absolute atomic E-state index is 11.9. The number of esters is 2. The molecule has 0 aromatic heterocycles. The Kier molecular flexibility index (Phi) is 5.68. The number of piperidine rings is 1. The minimum absolute atomic E-state index is 0.0564. The van der Waals surface area contributed by atoms with Crippen molar-refractivity contribution >= 4 is 11.9 Å². The molecule has 0 bridgehead atoms. The van der Waals surface area contributed by atoms with Crippen molar-refractivity contribution < 1.29 is 19.1 Å². The van der Waals surface area contributed by atoms with Gasteiger partial charge >= 0.3 is 11.9 Å². The Morgan fingerprint density at radius 1 is 1.11 bits per heavy atom. The van der Waals surface area contributed by atoms with Crippen LogP contribution < -0.4 is 0 Å². The highest BCUT2D eigenvalue weighted by Crippen LogP contribution is 2.23. The van der Waals surface area contributed by atoms with Gasteiger partial charge in [0.25, 0.3) is 0 Å². The fourth-order valence-electron chi connectivity index (χ4n) is 2.01. The standard InChI is InChI=1S/C13H21NO4/c1-4-17-12(15)11(13(16)18-5-2)10-8-6-7-9-14(10)3/h4-9H2,1-3H3. The molecule has 1 rings (SSSR count). The second-order valence-corrected chi connectivity index (χ2v) is 4.14. The highest BCUT2D eigenvalue weighted by atomic mass is 16.6. The van der Waals surface area contributed by atoms with Crippen molar-refractivity contribution in [3.8, 4) is 0 Å². The monoisotopic (exact) mass is 255 g/mol. The van der Waals surface area contributed by atoms with Crippen LogP contribution in [0.3, 0.4) is 0 Å². The zero-order valence-electron chi connectivity index (χ0n) is 11.3. The third kappa shape index (κ3) is 3.48. The predicted octanol–water partition coefficient (Wildman–Crippen LogP) is 1.48. The Morgan fingerprint density at radius 2 is 1.67 bits per heavy atom. The molecule has 0 N–H and O–H groups in total. The maximum Gasteiger partial charge on any atom is 0.347 e. The van der Waals surface area contributed by atoms with Gasteiger partial charge in [0, 0.05) is 19.3 Å². The molecule has 1 heterocycles. The summed E-state index contributed by atoms with van der Waals surface area (Å²) < 4.78 is 9.90. The Hall–Kier alpha value is -1.52. The van der Waals surface area contributed by atoms with Gasteiger partial charge in [-0.1, -0.05) is 0 Å². The van der Waals surface area contributed by atoms with E-state index >= 15 is 0 Å². The first-order chi connectivity index (χ1) is 8.61. The average molecular weight is 255 g/mol. The fourth-order valence-corrected chi connectivity index (χ4v) is 2.01. The Balaban J connectivity index is 3.04. The molecule has 18 heavy (non-hydrogen) atoms. The van der Waals surface area contributed by atoms with Crippen LogP contribution in [0.25, 0.3) is 0 Å². The molecular formula is C13H21NO4. The molecule has 0 atom stereocenters. The molecule has 0 unspecified atom stereocenters. The number of allylic oxidation sites excluding steroid dienone is 1. The summed E-state index contributed by atoms with van der Waals surface area (Å²) in [5.74, 6) is -1.17. The molecule has 1 saturated heterocycles. The van der Waals surface area contributed by atoms with Gasteiger partial charge in [0.1, 0.15) is 0 Å². The minimum atomic E-state index is -0.584. The number of rotatable bonds is 4. The van der Waals surface area contributed by atoms with Crippen LogP contribution in [-0.4, -0.2) is 43.6 Å². The van der Waals surface area contributed by atoms with Gasteiger partial charge in [0.15, 0.2) is 5.57 Å². The molecule has 0 aliphatic carbocycles. The zero-order chi connectivity index (χ0) is 13.5. The van der Waals surface area contributed by atoms with Crippen molar-refractivity contribution in [2.75, 3.05) is 26.8 Å². The third-order valence-corrected chi connectivity index (χ3v) is 2.87. The third-order valence-electron chi connectivity index (χ3n) is 2.87. The first-order valence-corrected chi connectivity index (χ1v) is 6.40. The lowest BCUT2D eigenvalue weighted by Crippen LogP contribution is -2.30. The number of ether oxygens (including phenoxy) is 2. The Morgan fingerprint density at radius 3 is 2.11 bits per heavy atom.